The second kappa shape index (κ2) is 9.61. The van der Waals surface area contributed by atoms with E-state index < -0.39 is 17.7 Å². The van der Waals surface area contributed by atoms with Gasteiger partial charge in [-0.25, -0.2) is 0 Å². The lowest BCUT2D eigenvalue weighted by atomic mass is 9.96. The first kappa shape index (κ1) is 22.3. The van der Waals surface area contributed by atoms with Crippen LogP contribution in [0.1, 0.15) is 23.6 Å². The van der Waals surface area contributed by atoms with Gasteiger partial charge in [-0.15, -0.1) is 0 Å². The lowest BCUT2D eigenvalue weighted by Gasteiger charge is -2.25. The van der Waals surface area contributed by atoms with Crippen LogP contribution in [0.4, 0.5) is 0 Å². The van der Waals surface area contributed by atoms with Crippen LogP contribution in [0.15, 0.2) is 48.3 Å². The standard InChI is InChI=1S/C23H27N3O5/c1-25(2)11-6-12-26-20(15-7-5-10-24-14-15)19(22(28)23(26)29)21(27)17-9-8-16(30-3)13-18(17)31-4/h5,7-10,13-14,20,27H,6,11-12H2,1-4H3. The van der Waals surface area contributed by atoms with Crippen molar-refractivity contribution < 1.29 is 24.2 Å². The van der Waals surface area contributed by atoms with Gasteiger partial charge in [0.1, 0.15) is 17.3 Å². The van der Waals surface area contributed by atoms with E-state index in [2.05, 4.69) is 4.98 Å². The van der Waals surface area contributed by atoms with E-state index in [0.717, 1.165) is 6.54 Å². The maximum Gasteiger partial charge on any atom is 0.295 e. The van der Waals surface area contributed by atoms with Crippen LogP contribution in [0.25, 0.3) is 5.76 Å². The molecule has 0 spiro atoms. The summed E-state index contributed by atoms with van der Waals surface area (Å²) < 4.78 is 10.6. The fraction of sp³-hybridized carbons (Fsp3) is 0.348. The Hall–Kier alpha value is -3.39. The summed E-state index contributed by atoms with van der Waals surface area (Å²) in [5, 5.41) is 11.2. The lowest BCUT2D eigenvalue weighted by molar-refractivity contribution is -0.139. The van der Waals surface area contributed by atoms with E-state index in [-0.39, 0.29) is 11.3 Å². The van der Waals surface area contributed by atoms with Gasteiger partial charge in [0.2, 0.25) is 0 Å². The van der Waals surface area contributed by atoms with Gasteiger partial charge in [-0.1, -0.05) is 6.07 Å². The Morgan fingerprint density at radius 1 is 1.19 bits per heavy atom. The van der Waals surface area contributed by atoms with Crippen LogP contribution in [0.3, 0.4) is 0 Å². The molecular formula is C23H27N3O5. The minimum atomic E-state index is -0.734. The molecule has 1 aliphatic heterocycles. The third kappa shape index (κ3) is 4.54. The van der Waals surface area contributed by atoms with Crippen LogP contribution in [0.2, 0.25) is 0 Å². The van der Waals surface area contributed by atoms with Gasteiger partial charge >= 0.3 is 0 Å². The molecule has 8 heteroatoms. The number of hydrogen-bond donors (Lipinski definition) is 1. The van der Waals surface area contributed by atoms with Crippen molar-refractivity contribution in [3.05, 3.63) is 59.4 Å². The van der Waals surface area contributed by atoms with Crippen molar-refractivity contribution in [3.63, 3.8) is 0 Å². The second-order valence-corrected chi connectivity index (χ2v) is 7.50. The molecule has 1 aromatic heterocycles. The van der Waals surface area contributed by atoms with Gasteiger partial charge in [0.15, 0.2) is 0 Å². The van der Waals surface area contributed by atoms with Crippen LogP contribution in [0, 0.1) is 0 Å². The quantitative estimate of drug-likeness (QED) is 0.395. The molecule has 1 aliphatic rings. The maximum atomic E-state index is 13.0. The summed E-state index contributed by atoms with van der Waals surface area (Å²) in [7, 11) is 6.88. The van der Waals surface area contributed by atoms with Gasteiger partial charge in [-0.05, 0) is 50.8 Å². The summed E-state index contributed by atoms with van der Waals surface area (Å²) >= 11 is 0. The highest BCUT2D eigenvalue weighted by Crippen LogP contribution is 2.41. The molecule has 1 atom stereocenters. The number of benzene rings is 1. The van der Waals surface area contributed by atoms with Crippen molar-refractivity contribution in [1.82, 2.24) is 14.8 Å². The van der Waals surface area contributed by atoms with E-state index >= 15 is 0 Å². The number of rotatable bonds is 8. The minimum Gasteiger partial charge on any atom is -0.507 e. The molecule has 8 nitrogen and oxygen atoms in total. The van der Waals surface area contributed by atoms with Crippen LogP contribution in [0.5, 0.6) is 11.5 Å². The Labute approximate surface area is 181 Å². The summed E-state index contributed by atoms with van der Waals surface area (Å²) in [5.41, 5.74) is 0.982. The highest BCUT2D eigenvalue weighted by molar-refractivity contribution is 6.46. The van der Waals surface area contributed by atoms with E-state index in [4.69, 9.17) is 9.47 Å². The predicted octanol–water partition coefficient (Wildman–Crippen LogP) is 2.47. The Kier molecular flexibility index (Phi) is 6.91. The molecule has 3 rings (SSSR count). The number of Topliss-reactive ketones (excluding diaryl/α,β-unsaturated/α-hetero) is 1. The fourth-order valence-corrected chi connectivity index (χ4v) is 3.69. The molecule has 31 heavy (non-hydrogen) atoms. The Morgan fingerprint density at radius 2 is 1.97 bits per heavy atom. The average Bonchev–Trinajstić information content (AvgIpc) is 3.03. The average molecular weight is 425 g/mol. The Morgan fingerprint density at radius 3 is 2.58 bits per heavy atom. The number of methoxy groups -OCH3 is 2. The largest absolute Gasteiger partial charge is 0.507 e. The number of carbonyl (C=O) groups is 2. The number of aromatic nitrogens is 1. The van der Waals surface area contributed by atoms with Crippen molar-refractivity contribution in [2.75, 3.05) is 41.4 Å². The second-order valence-electron chi connectivity index (χ2n) is 7.50. The van der Waals surface area contributed by atoms with Gasteiger partial charge in [0.25, 0.3) is 11.7 Å². The first-order chi connectivity index (χ1) is 14.9. The molecule has 0 radical (unpaired) electrons. The summed E-state index contributed by atoms with van der Waals surface area (Å²) in [6.45, 7) is 1.13. The summed E-state index contributed by atoms with van der Waals surface area (Å²) in [5.74, 6) is -0.778. The van der Waals surface area contributed by atoms with E-state index in [1.807, 2.05) is 19.0 Å². The molecular weight excluding hydrogens is 398 g/mol. The van der Waals surface area contributed by atoms with Gasteiger partial charge in [-0.3, -0.25) is 14.6 Å². The smallest absolute Gasteiger partial charge is 0.295 e. The maximum absolute atomic E-state index is 13.0. The number of pyridine rings is 1. The van der Waals surface area contributed by atoms with Crippen LogP contribution in [-0.2, 0) is 9.59 Å². The number of aliphatic hydroxyl groups excluding tert-OH is 1. The lowest BCUT2D eigenvalue weighted by Crippen LogP contribution is -2.32. The van der Waals surface area contributed by atoms with E-state index in [1.165, 1.54) is 19.1 Å². The SMILES string of the molecule is COc1ccc(C(O)=C2C(=O)C(=O)N(CCCN(C)C)C2c2cccnc2)c(OC)c1. The fourth-order valence-electron chi connectivity index (χ4n) is 3.69. The first-order valence-electron chi connectivity index (χ1n) is 9.94. The zero-order valence-electron chi connectivity index (χ0n) is 18.2. The normalized spacial score (nSPS) is 18.0. The number of nitrogens with zero attached hydrogens (tertiary/aromatic N) is 3. The number of hydrogen-bond acceptors (Lipinski definition) is 7. The highest BCUT2D eigenvalue weighted by atomic mass is 16.5. The van der Waals surface area contributed by atoms with Crippen molar-refractivity contribution >= 4 is 17.4 Å². The van der Waals surface area contributed by atoms with Crippen LogP contribution < -0.4 is 9.47 Å². The number of ketones is 1. The van der Waals surface area contributed by atoms with Crippen molar-refractivity contribution in [1.29, 1.82) is 0 Å². The number of likely N-dealkylation sites (tertiary alicyclic amines) is 1. The molecule has 2 aromatic rings. The van der Waals surface area contributed by atoms with Crippen molar-refractivity contribution in [2.45, 2.75) is 12.5 Å². The predicted molar refractivity (Wildman–Crippen MR) is 116 cm³/mol. The van der Waals surface area contributed by atoms with E-state index in [1.54, 1.807) is 42.7 Å². The number of amides is 1. The van der Waals surface area contributed by atoms with Crippen LogP contribution >= 0.6 is 0 Å². The molecule has 1 fully saturated rings. The molecule has 1 N–H and O–H groups in total. The van der Waals surface area contributed by atoms with Gasteiger partial charge in [0, 0.05) is 25.0 Å². The third-order valence-electron chi connectivity index (χ3n) is 5.21. The molecule has 1 aromatic carbocycles. The van der Waals surface area contributed by atoms with Gasteiger partial charge < -0.3 is 24.4 Å². The molecule has 0 saturated carbocycles. The molecule has 0 bridgehead atoms. The first-order valence-corrected chi connectivity index (χ1v) is 9.94. The number of aliphatic hydroxyl groups is 1. The minimum absolute atomic E-state index is 0.0197. The molecule has 2 heterocycles. The summed E-state index contributed by atoms with van der Waals surface area (Å²) in [4.78, 5) is 33.6. The zero-order valence-corrected chi connectivity index (χ0v) is 18.2. The molecule has 1 amide bonds. The monoisotopic (exact) mass is 425 g/mol. The molecule has 1 saturated heterocycles. The molecule has 1 unspecified atom stereocenters. The molecule has 164 valence electrons. The summed E-state index contributed by atoms with van der Waals surface area (Å²) in [6.07, 6.45) is 3.91. The summed E-state index contributed by atoms with van der Waals surface area (Å²) in [6, 6.07) is 7.67. The van der Waals surface area contributed by atoms with Crippen LogP contribution in [-0.4, -0.2) is 73.0 Å². The third-order valence-corrected chi connectivity index (χ3v) is 5.21. The van der Waals surface area contributed by atoms with E-state index in [0.29, 0.717) is 35.6 Å². The Bertz CT molecular complexity index is 988. The van der Waals surface area contributed by atoms with Gasteiger partial charge in [0.05, 0.1) is 31.4 Å². The van der Waals surface area contributed by atoms with E-state index in [9.17, 15) is 14.7 Å². The van der Waals surface area contributed by atoms with Crippen molar-refractivity contribution in [3.8, 4) is 11.5 Å². The highest BCUT2D eigenvalue weighted by Gasteiger charge is 2.46. The number of carbonyl (C=O) groups excluding carboxylic acids is 2. The van der Waals surface area contributed by atoms with Gasteiger partial charge in [-0.2, -0.15) is 0 Å². The zero-order chi connectivity index (χ0) is 22.5. The molecule has 0 aliphatic carbocycles. The van der Waals surface area contributed by atoms with Crippen molar-refractivity contribution in [2.24, 2.45) is 0 Å². The Balaban J connectivity index is 2.12. The topological polar surface area (TPSA) is 92.2 Å². The number of ether oxygens (including phenoxy) is 2.